The van der Waals surface area contributed by atoms with Crippen molar-refractivity contribution in [1.29, 1.82) is 0 Å². The molecule has 2 atom stereocenters. The molecule has 1 amide bonds. The van der Waals surface area contributed by atoms with E-state index in [2.05, 4.69) is 5.32 Å². The maximum absolute atomic E-state index is 11.8. The number of phenols is 1. The van der Waals surface area contributed by atoms with Crippen molar-refractivity contribution >= 4 is 5.91 Å². The van der Waals surface area contributed by atoms with Crippen LogP contribution in [-0.4, -0.2) is 17.1 Å². The van der Waals surface area contributed by atoms with Crippen molar-refractivity contribution in [3.8, 4) is 5.75 Å². The Bertz CT molecular complexity index is 443. The molecule has 0 saturated heterocycles. The van der Waals surface area contributed by atoms with Gasteiger partial charge in [-0.15, -0.1) is 0 Å². The van der Waals surface area contributed by atoms with Crippen molar-refractivity contribution in [2.75, 3.05) is 0 Å². The number of aromatic hydroxyl groups is 1. The van der Waals surface area contributed by atoms with Gasteiger partial charge in [0, 0.05) is 18.2 Å². The second kappa shape index (κ2) is 5.01. The number of nitrogens with two attached hydrogens (primary N) is 1. The third kappa shape index (κ3) is 2.85. The van der Waals surface area contributed by atoms with Crippen LogP contribution in [0, 0.1) is 5.92 Å². The van der Waals surface area contributed by atoms with Gasteiger partial charge in [-0.3, -0.25) is 4.79 Å². The predicted molar refractivity (Wildman–Crippen MR) is 65.2 cm³/mol. The summed E-state index contributed by atoms with van der Waals surface area (Å²) in [6.45, 7) is 0.338. The number of para-hydroxylation sites is 1. The highest BCUT2D eigenvalue weighted by atomic mass is 16.3. The molecule has 0 fully saturated rings. The van der Waals surface area contributed by atoms with E-state index in [1.807, 2.05) is 18.2 Å². The SMILES string of the molecule is NC1C=CC(C(=O)NCc2ccccc2O)C1. The van der Waals surface area contributed by atoms with Crippen LogP contribution >= 0.6 is 0 Å². The fourth-order valence-electron chi connectivity index (χ4n) is 1.90. The summed E-state index contributed by atoms with van der Waals surface area (Å²) in [7, 11) is 0. The van der Waals surface area contributed by atoms with Crippen LogP contribution in [0.5, 0.6) is 5.75 Å². The molecule has 90 valence electrons. The molecule has 0 spiro atoms. The van der Waals surface area contributed by atoms with Crippen LogP contribution in [0.4, 0.5) is 0 Å². The number of benzene rings is 1. The lowest BCUT2D eigenvalue weighted by molar-refractivity contribution is -0.123. The highest BCUT2D eigenvalue weighted by molar-refractivity contribution is 5.81. The number of rotatable bonds is 3. The van der Waals surface area contributed by atoms with Gasteiger partial charge in [0.15, 0.2) is 0 Å². The van der Waals surface area contributed by atoms with Crippen molar-refractivity contribution in [3.05, 3.63) is 42.0 Å². The van der Waals surface area contributed by atoms with Crippen LogP contribution in [0.3, 0.4) is 0 Å². The molecule has 1 aliphatic carbocycles. The van der Waals surface area contributed by atoms with Crippen molar-refractivity contribution in [3.63, 3.8) is 0 Å². The largest absolute Gasteiger partial charge is 0.508 e. The molecule has 0 aliphatic heterocycles. The molecule has 2 unspecified atom stereocenters. The molecule has 0 aromatic heterocycles. The molecule has 0 radical (unpaired) electrons. The molecule has 4 nitrogen and oxygen atoms in total. The van der Waals surface area contributed by atoms with Gasteiger partial charge in [0.1, 0.15) is 5.75 Å². The monoisotopic (exact) mass is 232 g/mol. The predicted octanol–water partition coefficient (Wildman–Crippen LogP) is 0.912. The topological polar surface area (TPSA) is 75.4 Å². The van der Waals surface area contributed by atoms with E-state index >= 15 is 0 Å². The molecule has 17 heavy (non-hydrogen) atoms. The second-order valence-corrected chi connectivity index (χ2v) is 4.24. The molecule has 0 heterocycles. The van der Waals surface area contributed by atoms with Crippen molar-refractivity contribution < 1.29 is 9.90 Å². The Labute approximate surface area is 100 Å². The molecule has 1 aromatic carbocycles. The van der Waals surface area contributed by atoms with E-state index in [0.717, 1.165) is 0 Å². The highest BCUT2D eigenvalue weighted by Crippen LogP contribution is 2.18. The average Bonchev–Trinajstić information content (AvgIpc) is 2.74. The van der Waals surface area contributed by atoms with Crippen LogP contribution in [0.2, 0.25) is 0 Å². The number of carbonyl (C=O) groups is 1. The van der Waals surface area contributed by atoms with Crippen molar-refractivity contribution in [2.24, 2.45) is 11.7 Å². The normalized spacial score (nSPS) is 22.6. The minimum Gasteiger partial charge on any atom is -0.508 e. The molecule has 0 saturated carbocycles. The molecule has 2 rings (SSSR count). The van der Waals surface area contributed by atoms with Crippen LogP contribution < -0.4 is 11.1 Å². The van der Waals surface area contributed by atoms with Gasteiger partial charge in [-0.1, -0.05) is 30.4 Å². The number of carbonyl (C=O) groups excluding carboxylic acids is 1. The zero-order valence-corrected chi connectivity index (χ0v) is 9.47. The number of hydrogen-bond donors (Lipinski definition) is 3. The summed E-state index contributed by atoms with van der Waals surface area (Å²) in [6, 6.07) is 6.95. The van der Waals surface area contributed by atoms with E-state index in [9.17, 15) is 9.90 Å². The van der Waals surface area contributed by atoms with Gasteiger partial charge < -0.3 is 16.2 Å². The summed E-state index contributed by atoms with van der Waals surface area (Å²) in [5.74, 6) is 0.0137. The van der Waals surface area contributed by atoms with Gasteiger partial charge in [-0.25, -0.2) is 0 Å². The summed E-state index contributed by atoms with van der Waals surface area (Å²) in [5, 5.41) is 12.3. The van der Waals surface area contributed by atoms with Gasteiger partial charge in [-0.2, -0.15) is 0 Å². The lowest BCUT2D eigenvalue weighted by atomic mass is 10.1. The zero-order chi connectivity index (χ0) is 12.3. The number of phenolic OH excluding ortho intramolecular Hbond substituents is 1. The fraction of sp³-hybridized carbons (Fsp3) is 0.308. The highest BCUT2D eigenvalue weighted by Gasteiger charge is 2.22. The molecule has 4 N–H and O–H groups in total. The fourth-order valence-corrected chi connectivity index (χ4v) is 1.90. The number of hydrogen-bond acceptors (Lipinski definition) is 3. The molecular weight excluding hydrogens is 216 g/mol. The molecule has 4 heteroatoms. The van der Waals surface area contributed by atoms with Gasteiger partial charge in [0.25, 0.3) is 0 Å². The smallest absolute Gasteiger partial charge is 0.227 e. The van der Waals surface area contributed by atoms with Gasteiger partial charge >= 0.3 is 0 Å². The van der Waals surface area contributed by atoms with Gasteiger partial charge in [0.2, 0.25) is 5.91 Å². The summed E-state index contributed by atoms with van der Waals surface area (Å²) < 4.78 is 0. The number of nitrogens with one attached hydrogen (secondary N) is 1. The standard InChI is InChI=1S/C13H16N2O2/c14-11-6-5-9(7-11)13(17)15-8-10-3-1-2-4-12(10)16/h1-6,9,11,16H,7-8,14H2,(H,15,17). The molecule has 1 aromatic rings. The average molecular weight is 232 g/mol. The maximum atomic E-state index is 11.8. The van der Waals surface area contributed by atoms with Crippen LogP contribution in [0.15, 0.2) is 36.4 Å². The van der Waals surface area contributed by atoms with Gasteiger partial charge in [-0.05, 0) is 12.5 Å². The van der Waals surface area contributed by atoms with Crippen molar-refractivity contribution in [2.45, 2.75) is 19.0 Å². The van der Waals surface area contributed by atoms with Crippen LogP contribution in [0.25, 0.3) is 0 Å². The third-order valence-electron chi connectivity index (χ3n) is 2.90. The summed E-state index contributed by atoms with van der Waals surface area (Å²) in [6.07, 6.45) is 4.35. The minimum atomic E-state index is -0.143. The van der Waals surface area contributed by atoms with Gasteiger partial charge in [0.05, 0.1) is 5.92 Å². The summed E-state index contributed by atoms with van der Waals surface area (Å²) in [4.78, 5) is 11.8. The van der Waals surface area contributed by atoms with E-state index in [1.54, 1.807) is 18.2 Å². The summed E-state index contributed by atoms with van der Waals surface area (Å²) >= 11 is 0. The van der Waals surface area contributed by atoms with E-state index in [4.69, 9.17) is 5.73 Å². The first kappa shape index (κ1) is 11.7. The minimum absolute atomic E-state index is 0.0177. The van der Waals surface area contributed by atoms with E-state index < -0.39 is 0 Å². The Hall–Kier alpha value is -1.81. The third-order valence-corrected chi connectivity index (χ3v) is 2.90. The first-order valence-electron chi connectivity index (χ1n) is 5.65. The van der Waals surface area contributed by atoms with E-state index in [-0.39, 0.29) is 23.6 Å². The molecule has 1 aliphatic rings. The van der Waals surface area contributed by atoms with E-state index in [1.165, 1.54) is 0 Å². The van der Waals surface area contributed by atoms with Crippen molar-refractivity contribution in [1.82, 2.24) is 5.32 Å². The quantitative estimate of drug-likeness (QED) is 0.678. The Morgan fingerprint density at radius 2 is 2.18 bits per heavy atom. The lowest BCUT2D eigenvalue weighted by Gasteiger charge is -2.11. The Kier molecular flexibility index (Phi) is 3.44. The Balaban J connectivity index is 1.89. The van der Waals surface area contributed by atoms with E-state index in [0.29, 0.717) is 18.5 Å². The first-order chi connectivity index (χ1) is 8.16. The van der Waals surface area contributed by atoms with Crippen LogP contribution in [0.1, 0.15) is 12.0 Å². The first-order valence-corrected chi connectivity index (χ1v) is 5.65. The second-order valence-electron chi connectivity index (χ2n) is 4.24. The zero-order valence-electron chi connectivity index (χ0n) is 9.47. The Morgan fingerprint density at radius 1 is 1.41 bits per heavy atom. The summed E-state index contributed by atoms with van der Waals surface area (Å²) in [5.41, 5.74) is 6.40. The van der Waals surface area contributed by atoms with Crippen LogP contribution in [-0.2, 0) is 11.3 Å². The molecular formula is C13H16N2O2. The number of amides is 1. The molecule has 0 bridgehead atoms. The Morgan fingerprint density at radius 3 is 2.82 bits per heavy atom. The maximum Gasteiger partial charge on any atom is 0.227 e. The lowest BCUT2D eigenvalue weighted by Crippen LogP contribution is -2.30.